The predicted molar refractivity (Wildman–Crippen MR) is 155 cm³/mol. The molecular formula is C30H28N2O8S2. The number of aromatic amines is 1. The lowest BCUT2D eigenvalue weighted by atomic mass is 9.68. The number of phenolic OH excluding ortho intramolecular Hbond substituents is 1. The maximum absolute atomic E-state index is 14.0. The number of nitrogens with zero attached hydrogens (tertiary/aromatic N) is 1. The van der Waals surface area contributed by atoms with Crippen molar-refractivity contribution in [1.82, 2.24) is 4.98 Å². The summed E-state index contributed by atoms with van der Waals surface area (Å²) in [5.41, 5.74) is 1.61. The summed E-state index contributed by atoms with van der Waals surface area (Å²) >= 11 is 2.76. The molecule has 2 amide bonds. The Morgan fingerprint density at radius 3 is 2.29 bits per heavy atom. The Balaban J connectivity index is 1.28. The number of aromatic nitrogens is 1. The number of amides is 2. The molecule has 3 aromatic rings. The van der Waals surface area contributed by atoms with Crippen LogP contribution in [0.1, 0.15) is 40.1 Å². The molecular weight excluding hydrogens is 580 g/mol. The van der Waals surface area contributed by atoms with Crippen LogP contribution in [0.15, 0.2) is 46.2 Å². The SMILES string of the molecule is CCOC(=O)c1ccc(N2C(=O)[C@H]3[C@H]4C[C@@H]([C@@H]3C2=O)[C@H]2[C@H](c3cc(OC)c(O)c(OC)c3)c3sc(=O)[nH]c3S[C@H]42)cc1. The lowest BCUT2D eigenvalue weighted by Crippen LogP contribution is -2.42. The van der Waals surface area contributed by atoms with E-state index in [4.69, 9.17) is 14.2 Å². The second kappa shape index (κ2) is 9.91. The number of carbonyl (C=O) groups excluding carboxylic acids is 3. The number of nitrogens with one attached hydrogen (secondary N) is 1. The molecule has 218 valence electrons. The van der Waals surface area contributed by atoms with E-state index in [0.29, 0.717) is 11.3 Å². The molecule has 0 spiro atoms. The molecule has 10 nitrogen and oxygen atoms in total. The van der Waals surface area contributed by atoms with Gasteiger partial charge in [-0.05, 0) is 73.1 Å². The van der Waals surface area contributed by atoms with Crippen molar-refractivity contribution in [1.29, 1.82) is 0 Å². The third-order valence-electron chi connectivity index (χ3n) is 9.22. The number of methoxy groups -OCH3 is 2. The summed E-state index contributed by atoms with van der Waals surface area (Å²) in [5.74, 6) is -1.82. The lowest BCUT2D eigenvalue weighted by Gasteiger charge is -2.43. The van der Waals surface area contributed by atoms with Crippen molar-refractivity contribution in [3.8, 4) is 17.2 Å². The molecule has 1 aromatic heterocycles. The number of thiazole rings is 1. The first kappa shape index (κ1) is 27.1. The summed E-state index contributed by atoms with van der Waals surface area (Å²) in [7, 11) is 2.94. The van der Waals surface area contributed by atoms with E-state index in [2.05, 4.69) is 4.98 Å². The summed E-state index contributed by atoms with van der Waals surface area (Å²) in [4.78, 5) is 57.5. The Hall–Kier alpha value is -3.77. The number of phenols is 1. The van der Waals surface area contributed by atoms with E-state index in [1.54, 1.807) is 55.1 Å². The highest BCUT2D eigenvalue weighted by atomic mass is 32.2. The first-order chi connectivity index (χ1) is 20.3. The standard InChI is InChI=1S/C30H28N2O8S2/c1-4-40-29(36)12-5-7-14(8-6-12)32-27(34)21-15-11-16(22(21)28(32)35)24-20(15)19(25-26(41-24)31-30(37)42-25)13-9-17(38-2)23(33)18(10-13)39-3/h5-10,15-16,19-22,24,33H,4,11H2,1-3H3,(H,31,37)/t15-,16-,19+,20+,21+,22+,24-/m1/s1. The van der Waals surface area contributed by atoms with Crippen LogP contribution in [0.5, 0.6) is 17.2 Å². The van der Waals surface area contributed by atoms with E-state index in [1.165, 1.54) is 19.1 Å². The van der Waals surface area contributed by atoms with Crippen molar-refractivity contribution in [2.24, 2.45) is 29.6 Å². The second-order valence-electron chi connectivity index (χ2n) is 11.0. The number of hydrogen-bond acceptors (Lipinski definition) is 10. The van der Waals surface area contributed by atoms with Crippen LogP contribution in [0.2, 0.25) is 0 Å². The van der Waals surface area contributed by atoms with Crippen LogP contribution >= 0.6 is 23.1 Å². The zero-order valence-corrected chi connectivity index (χ0v) is 24.6. The molecule has 0 unspecified atom stereocenters. The third kappa shape index (κ3) is 3.77. The molecule has 2 bridgehead atoms. The summed E-state index contributed by atoms with van der Waals surface area (Å²) < 4.78 is 16.0. The number of H-pyrrole nitrogens is 1. The first-order valence-corrected chi connectivity index (χ1v) is 15.5. The normalized spacial score (nSPS) is 28.8. The van der Waals surface area contributed by atoms with E-state index in [0.717, 1.165) is 33.2 Å². The average Bonchev–Trinajstić information content (AvgIpc) is 3.72. The maximum atomic E-state index is 14.0. The number of benzene rings is 2. The molecule has 7 rings (SSSR count). The van der Waals surface area contributed by atoms with E-state index in [1.807, 2.05) is 0 Å². The molecule has 3 fully saturated rings. The number of fused-ring (bicyclic) bond motifs is 9. The van der Waals surface area contributed by atoms with Crippen LogP contribution in [-0.4, -0.2) is 54.0 Å². The molecule has 1 saturated heterocycles. The maximum Gasteiger partial charge on any atom is 0.338 e. The van der Waals surface area contributed by atoms with Gasteiger partial charge < -0.3 is 24.3 Å². The highest BCUT2D eigenvalue weighted by Gasteiger charge is 2.69. The Morgan fingerprint density at radius 2 is 1.67 bits per heavy atom. The number of aromatic hydroxyl groups is 1. The molecule has 2 saturated carbocycles. The third-order valence-corrected chi connectivity index (χ3v) is 11.8. The van der Waals surface area contributed by atoms with Gasteiger partial charge in [-0.3, -0.25) is 19.3 Å². The topological polar surface area (TPSA) is 135 Å². The van der Waals surface area contributed by atoms with Crippen molar-refractivity contribution in [3.05, 3.63) is 62.1 Å². The van der Waals surface area contributed by atoms with E-state index in [9.17, 15) is 24.3 Å². The van der Waals surface area contributed by atoms with Gasteiger partial charge in [0.2, 0.25) is 17.6 Å². The number of hydrogen-bond donors (Lipinski definition) is 2. The van der Waals surface area contributed by atoms with Crippen LogP contribution in [0.4, 0.5) is 5.69 Å². The minimum atomic E-state index is -0.477. The van der Waals surface area contributed by atoms with Crippen molar-refractivity contribution in [3.63, 3.8) is 0 Å². The number of rotatable bonds is 6. The Morgan fingerprint density at radius 1 is 1.02 bits per heavy atom. The van der Waals surface area contributed by atoms with Crippen LogP contribution in [0, 0.1) is 29.6 Å². The van der Waals surface area contributed by atoms with E-state index in [-0.39, 0.29) is 69.5 Å². The molecule has 2 N–H and O–H groups in total. The Kier molecular flexibility index (Phi) is 6.39. The minimum Gasteiger partial charge on any atom is -0.502 e. The van der Waals surface area contributed by atoms with Gasteiger partial charge in [0.25, 0.3) is 0 Å². The van der Waals surface area contributed by atoms with Crippen molar-refractivity contribution < 1.29 is 33.7 Å². The fourth-order valence-corrected chi connectivity index (χ4v) is 10.6. The van der Waals surface area contributed by atoms with Gasteiger partial charge in [-0.2, -0.15) is 0 Å². The van der Waals surface area contributed by atoms with Crippen molar-refractivity contribution in [2.75, 3.05) is 25.7 Å². The van der Waals surface area contributed by atoms with Crippen LogP contribution in [0.25, 0.3) is 0 Å². The Labute approximate surface area is 249 Å². The highest BCUT2D eigenvalue weighted by Crippen LogP contribution is 2.69. The number of anilines is 1. The van der Waals surface area contributed by atoms with Crippen LogP contribution in [-0.2, 0) is 14.3 Å². The summed E-state index contributed by atoms with van der Waals surface area (Å²) in [6, 6.07) is 9.92. The molecule has 4 aliphatic rings. The molecule has 2 aromatic carbocycles. The molecule has 42 heavy (non-hydrogen) atoms. The largest absolute Gasteiger partial charge is 0.502 e. The van der Waals surface area contributed by atoms with Gasteiger partial charge >= 0.3 is 10.8 Å². The van der Waals surface area contributed by atoms with Gasteiger partial charge in [0.1, 0.15) is 0 Å². The van der Waals surface area contributed by atoms with Crippen LogP contribution < -0.4 is 19.2 Å². The smallest absolute Gasteiger partial charge is 0.338 e. The fraction of sp³-hybridized carbons (Fsp3) is 0.400. The van der Waals surface area contributed by atoms with Gasteiger partial charge in [-0.15, -0.1) is 11.8 Å². The Bertz CT molecular complexity index is 1660. The van der Waals surface area contributed by atoms with E-state index < -0.39 is 17.8 Å². The number of ether oxygens (including phenoxy) is 3. The number of thioether (sulfide) groups is 1. The van der Waals surface area contributed by atoms with E-state index >= 15 is 0 Å². The molecule has 7 atom stereocenters. The summed E-state index contributed by atoms with van der Waals surface area (Å²) in [6.45, 7) is 1.98. The molecule has 2 aliphatic carbocycles. The van der Waals surface area contributed by atoms with Gasteiger partial charge in [0, 0.05) is 16.0 Å². The monoisotopic (exact) mass is 608 g/mol. The van der Waals surface area contributed by atoms with Gasteiger partial charge in [-0.1, -0.05) is 11.3 Å². The zero-order chi connectivity index (χ0) is 29.4. The van der Waals surface area contributed by atoms with Gasteiger partial charge in [0.15, 0.2) is 11.5 Å². The number of imide groups is 1. The van der Waals surface area contributed by atoms with Crippen molar-refractivity contribution >= 4 is 46.6 Å². The molecule has 0 radical (unpaired) electrons. The zero-order valence-electron chi connectivity index (χ0n) is 23.0. The highest BCUT2D eigenvalue weighted by molar-refractivity contribution is 8.00. The summed E-state index contributed by atoms with van der Waals surface area (Å²) in [5, 5.41) is 11.4. The molecule has 3 heterocycles. The van der Waals surface area contributed by atoms with Gasteiger partial charge in [-0.25, -0.2) is 4.79 Å². The predicted octanol–water partition coefficient (Wildman–Crippen LogP) is 4.01. The molecule has 12 heteroatoms. The minimum absolute atomic E-state index is 0.00711. The average molecular weight is 609 g/mol. The van der Waals surface area contributed by atoms with Crippen LogP contribution in [0.3, 0.4) is 0 Å². The lowest BCUT2D eigenvalue weighted by molar-refractivity contribution is -0.123. The van der Waals surface area contributed by atoms with Gasteiger partial charge in [0.05, 0.1) is 48.9 Å². The second-order valence-corrected chi connectivity index (χ2v) is 13.2. The quantitative estimate of drug-likeness (QED) is 0.314. The number of esters is 1. The van der Waals surface area contributed by atoms with Crippen molar-refractivity contribution in [2.45, 2.75) is 29.5 Å². The molecule has 2 aliphatic heterocycles. The number of carbonyl (C=O) groups is 3. The summed E-state index contributed by atoms with van der Waals surface area (Å²) in [6.07, 6.45) is 0.743. The first-order valence-electron chi connectivity index (χ1n) is 13.8. The fourth-order valence-electron chi connectivity index (χ4n) is 7.70.